The fourth-order valence-corrected chi connectivity index (χ4v) is 2.91. The van der Waals surface area contributed by atoms with Crippen molar-refractivity contribution >= 4 is 46.5 Å². The molecule has 0 unspecified atom stereocenters. The molecule has 0 aliphatic rings. The van der Waals surface area contributed by atoms with Gasteiger partial charge in [-0.3, -0.25) is 9.59 Å². The van der Waals surface area contributed by atoms with Gasteiger partial charge in [-0.2, -0.15) is 0 Å². The van der Waals surface area contributed by atoms with Crippen molar-refractivity contribution in [3.8, 4) is 0 Å². The van der Waals surface area contributed by atoms with Crippen LogP contribution in [-0.4, -0.2) is 34.8 Å². The number of rotatable bonds is 6. The Bertz CT molecular complexity index is 801. The van der Waals surface area contributed by atoms with E-state index < -0.39 is 0 Å². The molecule has 132 valence electrons. The number of hydrogen-bond donors (Lipinski definition) is 1. The number of amides is 2. The zero-order chi connectivity index (χ0) is 18.4. The van der Waals surface area contributed by atoms with Crippen LogP contribution in [-0.2, 0) is 9.59 Å². The lowest BCUT2D eigenvalue weighted by atomic mass is 10.2. The molecule has 1 N–H and O–H groups in total. The number of halogens is 1. The maximum atomic E-state index is 12.3. The highest BCUT2D eigenvalue weighted by Crippen LogP contribution is 2.20. The summed E-state index contributed by atoms with van der Waals surface area (Å²) in [5.41, 5.74) is 2.30. The highest BCUT2D eigenvalue weighted by atomic mass is 35.5. The van der Waals surface area contributed by atoms with Crippen LogP contribution in [0.2, 0.25) is 5.02 Å². The SMILES string of the molecule is CCN(CC(=O)Nc1cc(Cl)ccc1C)C(=O)/C=C/c1csc(C)n1. The van der Waals surface area contributed by atoms with E-state index in [-0.39, 0.29) is 18.4 Å². The van der Waals surface area contributed by atoms with E-state index in [1.165, 1.54) is 22.3 Å². The normalized spacial score (nSPS) is 10.9. The summed E-state index contributed by atoms with van der Waals surface area (Å²) < 4.78 is 0. The Morgan fingerprint density at radius 1 is 1.36 bits per heavy atom. The number of likely N-dealkylation sites (N-methyl/N-ethyl adjacent to an activating group) is 1. The fraction of sp³-hybridized carbons (Fsp3) is 0.278. The van der Waals surface area contributed by atoms with Crippen molar-refractivity contribution < 1.29 is 9.59 Å². The van der Waals surface area contributed by atoms with Gasteiger partial charge in [-0.05, 0) is 44.5 Å². The number of nitrogens with one attached hydrogen (secondary N) is 1. The van der Waals surface area contributed by atoms with Gasteiger partial charge in [0.05, 0.1) is 10.7 Å². The van der Waals surface area contributed by atoms with E-state index in [1.54, 1.807) is 18.2 Å². The van der Waals surface area contributed by atoms with Crippen molar-refractivity contribution in [2.45, 2.75) is 20.8 Å². The molecule has 1 aromatic carbocycles. The fourth-order valence-electron chi connectivity index (χ4n) is 2.16. The van der Waals surface area contributed by atoms with E-state index in [9.17, 15) is 9.59 Å². The van der Waals surface area contributed by atoms with Crippen molar-refractivity contribution in [1.29, 1.82) is 0 Å². The van der Waals surface area contributed by atoms with Gasteiger partial charge in [0.15, 0.2) is 0 Å². The summed E-state index contributed by atoms with van der Waals surface area (Å²) in [6.07, 6.45) is 3.10. The summed E-state index contributed by atoms with van der Waals surface area (Å²) >= 11 is 7.48. The standard InChI is InChI=1S/C18H20ClN3O2S/c1-4-22(18(24)8-7-15-11-25-13(3)20-15)10-17(23)21-16-9-14(19)6-5-12(16)2/h5-9,11H,4,10H2,1-3H3,(H,21,23)/b8-7+. The Labute approximate surface area is 156 Å². The Balaban J connectivity index is 1.98. The Kier molecular flexibility index (Phi) is 6.73. The van der Waals surface area contributed by atoms with Crippen molar-refractivity contribution in [1.82, 2.24) is 9.88 Å². The summed E-state index contributed by atoms with van der Waals surface area (Å²) in [4.78, 5) is 30.3. The van der Waals surface area contributed by atoms with Crippen LogP contribution in [0, 0.1) is 13.8 Å². The first-order valence-electron chi connectivity index (χ1n) is 7.84. The molecule has 0 saturated carbocycles. The number of thiazole rings is 1. The van der Waals surface area contributed by atoms with E-state index in [4.69, 9.17) is 11.6 Å². The second-order valence-electron chi connectivity index (χ2n) is 5.48. The van der Waals surface area contributed by atoms with Crippen LogP contribution < -0.4 is 5.32 Å². The zero-order valence-corrected chi connectivity index (χ0v) is 15.9. The van der Waals surface area contributed by atoms with Gasteiger partial charge in [0, 0.05) is 28.7 Å². The van der Waals surface area contributed by atoms with Gasteiger partial charge in [-0.25, -0.2) is 4.98 Å². The second kappa shape index (κ2) is 8.78. The van der Waals surface area contributed by atoms with Gasteiger partial charge in [0.1, 0.15) is 6.54 Å². The van der Waals surface area contributed by atoms with Crippen molar-refractivity contribution in [2.75, 3.05) is 18.4 Å². The van der Waals surface area contributed by atoms with Crippen LogP contribution in [0.5, 0.6) is 0 Å². The third-order valence-electron chi connectivity index (χ3n) is 3.54. The highest BCUT2D eigenvalue weighted by Gasteiger charge is 2.14. The number of aryl methyl sites for hydroxylation is 2. The van der Waals surface area contributed by atoms with Crippen LogP contribution in [0.4, 0.5) is 5.69 Å². The van der Waals surface area contributed by atoms with E-state index in [2.05, 4.69) is 10.3 Å². The summed E-state index contributed by atoms with van der Waals surface area (Å²) in [7, 11) is 0. The third kappa shape index (κ3) is 5.69. The molecule has 1 heterocycles. The minimum absolute atomic E-state index is 0.0261. The van der Waals surface area contributed by atoms with Gasteiger partial charge in [0.2, 0.25) is 11.8 Å². The van der Waals surface area contributed by atoms with Gasteiger partial charge in [-0.1, -0.05) is 17.7 Å². The Morgan fingerprint density at radius 2 is 2.12 bits per heavy atom. The van der Waals surface area contributed by atoms with Crippen LogP contribution in [0.1, 0.15) is 23.2 Å². The van der Waals surface area contributed by atoms with Crippen LogP contribution >= 0.6 is 22.9 Å². The molecule has 0 atom stereocenters. The lowest BCUT2D eigenvalue weighted by molar-refractivity contribution is -0.130. The molecule has 0 aliphatic carbocycles. The second-order valence-corrected chi connectivity index (χ2v) is 6.98. The summed E-state index contributed by atoms with van der Waals surface area (Å²) in [6.45, 7) is 6.02. The van der Waals surface area contributed by atoms with E-state index in [0.717, 1.165) is 16.3 Å². The third-order valence-corrected chi connectivity index (χ3v) is 4.56. The molecule has 0 bridgehead atoms. The number of nitrogens with zero attached hydrogens (tertiary/aromatic N) is 2. The maximum absolute atomic E-state index is 12.3. The first-order valence-corrected chi connectivity index (χ1v) is 9.10. The number of aromatic nitrogens is 1. The monoisotopic (exact) mass is 377 g/mol. The average Bonchev–Trinajstić information content (AvgIpc) is 2.99. The predicted octanol–water partition coefficient (Wildman–Crippen LogP) is 3.91. The topological polar surface area (TPSA) is 62.3 Å². The molecule has 0 fully saturated rings. The summed E-state index contributed by atoms with van der Waals surface area (Å²) in [6, 6.07) is 5.29. The van der Waals surface area contributed by atoms with Crippen LogP contribution in [0.3, 0.4) is 0 Å². The van der Waals surface area contributed by atoms with Crippen molar-refractivity contribution in [3.05, 3.63) is 50.9 Å². The first kappa shape index (κ1) is 19.1. The number of benzene rings is 1. The maximum Gasteiger partial charge on any atom is 0.247 e. The van der Waals surface area contributed by atoms with Crippen molar-refractivity contribution in [3.63, 3.8) is 0 Å². The largest absolute Gasteiger partial charge is 0.330 e. The zero-order valence-electron chi connectivity index (χ0n) is 14.4. The molecule has 5 nitrogen and oxygen atoms in total. The molecule has 0 saturated heterocycles. The molecule has 2 amide bonds. The minimum atomic E-state index is -0.265. The molecule has 25 heavy (non-hydrogen) atoms. The number of carbonyl (C=O) groups is 2. The van der Waals surface area contributed by atoms with Gasteiger partial charge < -0.3 is 10.2 Å². The average molecular weight is 378 g/mol. The molecule has 0 radical (unpaired) electrons. The Morgan fingerprint density at radius 3 is 2.76 bits per heavy atom. The summed E-state index contributed by atoms with van der Waals surface area (Å²) in [5.74, 6) is -0.496. The van der Waals surface area contributed by atoms with Crippen LogP contribution in [0.15, 0.2) is 29.7 Å². The molecule has 0 aliphatic heterocycles. The van der Waals surface area contributed by atoms with Gasteiger partial charge in [-0.15, -0.1) is 11.3 Å². The van der Waals surface area contributed by atoms with Gasteiger partial charge >= 0.3 is 0 Å². The van der Waals surface area contributed by atoms with E-state index in [0.29, 0.717) is 17.3 Å². The molecule has 7 heteroatoms. The lowest BCUT2D eigenvalue weighted by Crippen LogP contribution is -2.37. The molecule has 1 aromatic heterocycles. The van der Waals surface area contributed by atoms with E-state index >= 15 is 0 Å². The molecular weight excluding hydrogens is 358 g/mol. The molecule has 0 spiro atoms. The van der Waals surface area contributed by atoms with Crippen LogP contribution in [0.25, 0.3) is 6.08 Å². The van der Waals surface area contributed by atoms with Crippen molar-refractivity contribution in [2.24, 2.45) is 0 Å². The smallest absolute Gasteiger partial charge is 0.247 e. The number of hydrogen-bond acceptors (Lipinski definition) is 4. The predicted molar refractivity (Wildman–Crippen MR) is 103 cm³/mol. The Hall–Kier alpha value is -2.18. The summed E-state index contributed by atoms with van der Waals surface area (Å²) in [5, 5.41) is 6.16. The molecule has 2 aromatic rings. The van der Waals surface area contributed by atoms with E-state index in [1.807, 2.05) is 32.2 Å². The minimum Gasteiger partial charge on any atom is -0.330 e. The highest BCUT2D eigenvalue weighted by molar-refractivity contribution is 7.09. The molecule has 2 rings (SSSR count). The van der Waals surface area contributed by atoms with Gasteiger partial charge in [0.25, 0.3) is 0 Å². The number of carbonyl (C=O) groups excluding carboxylic acids is 2. The quantitative estimate of drug-likeness (QED) is 0.776. The number of anilines is 1. The lowest BCUT2D eigenvalue weighted by Gasteiger charge is -2.19. The first-order chi connectivity index (χ1) is 11.9. The molecular formula is C18H20ClN3O2S.